The Morgan fingerprint density at radius 3 is 3.06 bits per heavy atom. The van der Waals surface area contributed by atoms with Gasteiger partial charge in [0.25, 0.3) is 0 Å². The van der Waals surface area contributed by atoms with E-state index in [4.69, 9.17) is 11.6 Å². The Hall–Kier alpha value is -1.26. The second-order valence-corrected chi connectivity index (χ2v) is 5.51. The third kappa shape index (κ3) is 3.11. The molecule has 5 heteroatoms. The monoisotopic (exact) mass is 267 g/mol. The highest BCUT2D eigenvalue weighted by Crippen LogP contribution is 2.22. The molecule has 0 unspecified atom stereocenters. The largest absolute Gasteiger partial charge is 0.351 e. The minimum Gasteiger partial charge on any atom is -0.351 e. The predicted octanol–water partition coefficient (Wildman–Crippen LogP) is 3.70. The lowest BCUT2D eigenvalue weighted by atomic mass is 10.5. The first-order valence-electron chi connectivity index (χ1n) is 5.32. The fourth-order valence-corrected chi connectivity index (χ4v) is 2.61. The number of aromatic nitrogens is 2. The molecular formula is C12H14ClN3S. The normalized spacial score (nSPS) is 10.5. The Balaban J connectivity index is 2.05. The van der Waals surface area contributed by atoms with E-state index in [-0.39, 0.29) is 0 Å². The van der Waals surface area contributed by atoms with Crippen LogP contribution in [0.5, 0.6) is 0 Å². The van der Waals surface area contributed by atoms with Gasteiger partial charge in [-0.3, -0.25) is 0 Å². The highest BCUT2D eigenvalue weighted by Gasteiger charge is 2.04. The fourth-order valence-electron chi connectivity index (χ4n) is 1.58. The zero-order chi connectivity index (χ0) is 12.3. The van der Waals surface area contributed by atoms with Gasteiger partial charge in [-0.2, -0.15) is 0 Å². The Morgan fingerprint density at radius 2 is 2.41 bits per heavy atom. The average Bonchev–Trinajstić information content (AvgIpc) is 2.83. The Morgan fingerprint density at radius 1 is 1.59 bits per heavy atom. The van der Waals surface area contributed by atoms with Crippen LogP contribution in [0.15, 0.2) is 31.0 Å². The van der Waals surface area contributed by atoms with Gasteiger partial charge >= 0.3 is 0 Å². The van der Waals surface area contributed by atoms with Crippen LogP contribution in [0.4, 0.5) is 5.95 Å². The van der Waals surface area contributed by atoms with E-state index in [1.165, 1.54) is 4.88 Å². The van der Waals surface area contributed by atoms with Crippen LogP contribution in [0.25, 0.3) is 0 Å². The lowest BCUT2D eigenvalue weighted by Gasteiger charge is -2.06. The maximum absolute atomic E-state index is 5.88. The van der Waals surface area contributed by atoms with Gasteiger partial charge < -0.3 is 9.88 Å². The third-order valence-corrected chi connectivity index (χ3v) is 3.50. The number of hydrogen-bond acceptors (Lipinski definition) is 3. The topological polar surface area (TPSA) is 29.9 Å². The second-order valence-electron chi connectivity index (χ2n) is 3.71. The summed E-state index contributed by atoms with van der Waals surface area (Å²) in [6, 6.07) is 3.93. The zero-order valence-electron chi connectivity index (χ0n) is 9.61. The lowest BCUT2D eigenvalue weighted by Crippen LogP contribution is -2.05. The van der Waals surface area contributed by atoms with E-state index >= 15 is 0 Å². The quantitative estimate of drug-likeness (QED) is 0.837. The van der Waals surface area contributed by atoms with Gasteiger partial charge in [-0.05, 0) is 19.1 Å². The zero-order valence-corrected chi connectivity index (χ0v) is 11.2. The first kappa shape index (κ1) is 12.2. The molecule has 0 aliphatic carbocycles. The summed E-state index contributed by atoms with van der Waals surface area (Å²) in [7, 11) is 0. The summed E-state index contributed by atoms with van der Waals surface area (Å²) in [4.78, 5) is 5.62. The summed E-state index contributed by atoms with van der Waals surface area (Å²) in [5, 5.41) is 3.30. The Labute approximate surface area is 110 Å². The standard InChI is InChI=1S/C12H14ClN3S/c1-3-6-16-8-9(2)15-12(16)14-7-10-4-5-11(13)17-10/h3-5,8H,1,6-7H2,2H3,(H,14,15). The minimum absolute atomic E-state index is 0.741. The van der Waals surface area contributed by atoms with Crippen molar-refractivity contribution in [2.45, 2.75) is 20.0 Å². The SMILES string of the molecule is C=CCn1cc(C)nc1NCc1ccc(Cl)s1. The van der Waals surface area contributed by atoms with Gasteiger partial charge in [0.05, 0.1) is 16.6 Å². The van der Waals surface area contributed by atoms with Gasteiger partial charge in [0, 0.05) is 17.6 Å². The predicted molar refractivity (Wildman–Crippen MR) is 73.8 cm³/mol. The van der Waals surface area contributed by atoms with E-state index in [1.54, 1.807) is 11.3 Å². The van der Waals surface area contributed by atoms with Crippen molar-refractivity contribution < 1.29 is 0 Å². The molecule has 0 aromatic carbocycles. The van der Waals surface area contributed by atoms with E-state index in [9.17, 15) is 0 Å². The lowest BCUT2D eigenvalue weighted by molar-refractivity contribution is 0.820. The molecule has 2 rings (SSSR count). The summed E-state index contributed by atoms with van der Waals surface area (Å²) >= 11 is 7.46. The number of nitrogens with zero attached hydrogens (tertiary/aromatic N) is 2. The molecule has 17 heavy (non-hydrogen) atoms. The second kappa shape index (κ2) is 5.38. The molecule has 0 fully saturated rings. The van der Waals surface area contributed by atoms with Crippen LogP contribution in [0.3, 0.4) is 0 Å². The number of allylic oxidation sites excluding steroid dienone is 1. The molecule has 1 N–H and O–H groups in total. The van der Waals surface area contributed by atoms with Crippen LogP contribution < -0.4 is 5.32 Å². The molecule has 0 radical (unpaired) electrons. The molecule has 0 saturated heterocycles. The molecule has 2 aromatic rings. The van der Waals surface area contributed by atoms with Gasteiger partial charge in [-0.25, -0.2) is 4.98 Å². The smallest absolute Gasteiger partial charge is 0.203 e. The maximum atomic E-state index is 5.88. The van der Waals surface area contributed by atoms with Gasteiger partial charge in [-0.1, -0.05) is 17.7 Å². The highest BCUT2D eigenvalue weighted by molar-refractivity contribution is 7.16. The summed E-state index contributed by atoms with van der Waals surface area (Å²) in [5.74, 6) is 0.868. The van der Waals surface area contributed by atoms with Crippen molar-refractivity contribution in [3.8, 4) is 0 Å². The first-order valence-corrected chi connectivity index (χ1v) is 6.51. The molecule has 0 saturated carbocycles. The van der Waals surface area contributed by atoms with Crippen LogP contribution >= 0.6 is 22.9 Å². The maximum Gasteiger partial charge on any atom is 0.203 e. The number of anilines is 1. The number of hydrogen-bond donors (Lipinski definition) is 1. The van der Waals surface area contributed by atoms with Gasteiger partial charge in [0.2, 0.25) is 5.95 Å². The molecule has 0 spiro atoms. The van der Waals surface area contributed by atoms with Crippen LogP contribution in [0.2, 0.25) is 4.34 Å². The van der Waals surface area contributed by atoms with Gasteiger partial charge in [0.15, 0.2) is 0 Å². The summed E-state index contributed by atoms with van der Waals surface area (Å²) in [6.45, 7) is 7.21. The highest BCUT2D eigenvalue weighted by atomic mass is 35.5. The van der Waals surface area contributed by atoms with Crippen molar-refractivity contribution in [2.75, 3.05) is 5.32 Å². The molecule has 0 atom stereocenters. The van der Waals surface area contributed by atoms with Crippen LogP contribution in [0.1, 0.15) is 10.6 Å². The van der Waals surface area contributed by atoms with E-state index in [0.29, 0.717) is 0 Å². The van der Waals surface area contributed by atoms with Crippen LogP contribution in [-0.4, -0.2) is 9.55 Å². The number of rotatable bonds is 5. The van der Waals surface area contributed by atoms with Gasteiger partial charge in [-0.15, -0.1) is 17.9 Å². The molecule has 0 amide bonds. The van der Waals surface area contributed by atoms with Crippen molar-refractivity contribution in [3.63, 3.8) is 0 Å². The molecule has 0 aliphatic rings. The summed E-state index contributed by atoms with van der Waals surface area (Å²) < 4.78 is 2.85. The number of aryl methyl sites for hydroxylation is 1. The average molecular weight is 268 g/mol. The minimum atomic E-state index is 0.741. The fraction of sp³-hybridized carbons (Fsp3) is 0.250. The summed E-state index contributed by atoms with van der Waals surface area (Å²) in [5.41, 5.74) is 0.999. The molecular weight excluding hydrogens is 254 g/mol. The molecule has 0 aliphatic heterocycles. The number of thiophene rings is 1. The molecule has 0 bridgehead atoms. The van der Waals surface area contributed by atoms with Crippen molar-refractivity contribution in [2.24, 2.45) is 0 Å². The van der Waals surface area contributed by atoms with Crippen molar-refractivity contribution in [1.82, 2.24) is 9.55 Å². The van der Waals surface area contributed by atoms with E-state index < -0.39 is 0 Å². The van der Waals surface area contributed by atoms with Crippen LogP contribution in [-0.2, 0) is 13.1 Å². The number of imidazole rings is 1. The van der Waals surface area contributed by atoms with E-state index in [1.807, 2.05) is 35.9 Å². The van der Waals surface area contributed by atoms with E-state index in [0.717, 1.165) is 29.1 Å². The van der Waals surface area contributed by atoms with Gasteiger partial charge in [0.1, 0.15) is 0 Å². The van der Waals surface area contributed by atoms with Crippen molar-refractivity contribution in [3.05, 3.63) is 45.9 Å². The first-order chi connectivity index (χ1) is 8.19. The van der Waals surface area contributed by atoms with Crippen LogP contribution in [0, 0.1) is 6.92 Å². The third-order valence-electron chi connectivity index (χ3n) is 2.27. The van der Waals surface area contributed by atoms with Crippen molar-refractivity contribution in [1.29, 1.82) is 0 Å². The molecule has 90 valence electrons. The van der Waals surface area contributed by atoms with E-state index in [2.05, 4.69) is 16.9 Å². The number of nitrogens with one attached hydrogen (secondary N) is 1. The molecule has 3 nitrogen and oxygen atoms in total. The summed E-state index contributed by atoms with van der Waals surface area (Å²) in [6.07, 6.45) is 3.86. The van der Waals surface area contributed by atoms with Crippen molar-refractivity contribution >= 4 is 28.9 Å². The number of halogens is 1. The molecule has 2 aromatic heterocycles. The molecule has 2 heterocycles. The Bertz CT molecular complexity index is 516. The Kier molecular flexibility index (Phi) is 3.86.